The molecule has 17 heavy (non-hydrogen) atoms. The summed E-state index contributed by atoms with van der Waals surface area (Å²) in [5, 5.41) is 1.78. The van der Waals surface area contributed by atoms with Crippen LogP contribution in [0.15, 0.2) is 35.2 Å². The molecule has 0 fully saturated rings. The third-order valence-corrected chi connectivity index (χ3v) is 3.11. The monoisotopic (exact) mass is 245 g/mol. The van der Waals surface area contributed by atoms with Crippen LogP contribution in [0.1, 0.15) is 35.5 Å². The predicted octanol–water partition coefficient (Wildman–Crippen LogP) is 3.57. The molecule has 3 heteroatoms. The molecule has 0 amide bonds. The number of ketones is 1. The first kappa shape index (κ1) is 12.0. The minimum atomic E-state index is 0.00217. The van der Waals surface area contributed by atoms with Gasteiger partial charge in [0.2, 0.25) is 5.78 Å². The Morgan fingerprint density at radius 2 is 2.00 bits per heavy atom. The summed E-state index contributed by atoms with van der Waals surface area (Å²) in [5.74, 6) is 0.637. The van der Waals surface area contributed by atoms with E-state index in [9.17, 15) is 4.79 Å². The lowest BCUT2D eigenvalue weighted by Gasteiger charge is -2.05. The van der Waals surface area contributed by atoms with Gasteiger partial charge in [-0.25, -0.2) is 4.98 Å². The van der Waals surface area contributed by atoms with E-state index in [1.54, 1.807) is 10.9 Å². The third kappa shape index (κ3) is 3.01. The molecule has 2 nitrogen and oxygen atoms in total. The quantitative estimate of drug-likeness (QED) is 0.771. The van der Waals surface area contributed by atoms with Crippen LogP contribution < -0.4 is 0 Å². The van der Waals surface area contributed by atoms with Gasteiger partial charge in [0.1, 0.15) is 5.69 Å². The molecule has 0 aliphatic rings. The van der Waals surface area contributed by atoms with E-state index in [4.69, 9.17) is 0 Å². The summed E-state index contributed by atoms with van der Waals surface area (Å²) in [6.07, 6.45) is 1.05. The van der Waals surface area contributed by atoms with Crippen LogP contribution in [0.3, 0.4) is 0 Å². The summed E-state index contributed by atoms with van der Waals surface area (Å²) < 4.78 is 0. The molecule has 0 unspecified atom stereocenters. The molecule has 88 valence electrons. The number of aromatic nitrogens is 1. The summed E-state index contributed by atoms with van der Waals surface area (Å²) in [6.45, 7) is 4.38. The minimum Gasteiger partial charge on any atom is -0.287 e. The van der Waals surface area contributed by atoms with Crippen LogP contribution in [-0.2, 0) is 6.42 Å². The van der Waals surface area contributed by atoms with Crippen molar-refractivity contribution in [2.75, 3.05) is 0 Å². The fraction of sp³-hybridized carbons (Fsp3) is 0.286. The maximum atomic E-state index is 12.0. The Balaban J connectivity index is 2.15. The van der Waals surface area contributed by atoms with E-state index in [-0.39, 0.29) is 5.78 Å². The molecule has 2 rings (SSSR count). The lowest BCUT2D eigenvalue weighted by molar-refractivity contribution is 0.103. The molecule has 1 heterocycles. The largest absolute Gasteiger partial charge is 0.287 e. The van der Waals surface area contributed by atoms with E-state index < -0.39 is 0 Å². The molecule has 0 aliphatic carbocycles. The van der Waals surface area contributed by atoms with E-state index in [1.807, 2.05) is 24.3 Å². The van der Waals surface area contributed by atoms with Crippen molar-refractivity contribution in [1.29, 1.82) is 0 Å². The summed E-state index contributed by atoms with van der Waals surface area (Å²) >= 11 is 1.44. The van der Waals surface area contributed by atoms with Crippen LogP contribution in [0.4, 0.5) is 0 Å². The lowest BCUT2D eigenvalue weighted by Crippen LogP contribution is -2.02. The van der Waals surface area contributed by atoms with E-state index in [1.165, 1.54) is 16.9 Å². The van der Waals surface area contributed by atoms with Crippen molar-refractivity contribution in [2.45, 2.75) is 20.3 Å². The zero-order valence-electron chi connectivity index (χ0n) is 10.0. The van der Waals surface area contributed by atoms with Gasteiger partial charge >= 0.3 is 0 Å². The fourth-order valence-corrected chi connectivity index (χ4v) is 2.27. The number of carbonyl (C=O) groups is 1. The standard InChI is InChI=1S/C14H15NOS/c1-10(2)7-11-3-5-12(6-4-11)14(16)13-8-17-9-15-13/h3-6,8-10H,7H2,1-2H3. The van der Waals surface area contributed by atoms with Gasteiger partial charge in [-0.2, -0.15) is 0 Å². The number of rotatable bonds is 4. The topological polar surface area (TPSA) is 30.0 Å². The Hall–Kier alpha value is -1.48. The average Bonchev–Trinajstić information content (AvgIpc) is 2.82. The molecule has 0 N–H and O–H groups in total. The summed E-state index contributed by atoms with van der Waals surface area (Å²) in [7, 11) is 0. The summed E-state index contributed by atoms with van der Waals surface area (Å²) in [4.78, 5) is 16.0. The maximum absolute atomic E-state index is 12.0. The molecule has 0 spiro atoms. The van der Waals surface area contributed by atoms with Crippen molar-refractivity contribution in [1.82, 2.24) is 4.98 Å². The molecule has 0 radical (unpaired) electrons. The first-order valence-corrected chi connectivity index (χ1v) is 6.63. The average molecular weight is 245 g/mol. The maximum Gasteiger partial charge on any atom is 0.212 e. The highest BCUT2D eigenvalue weighted by atomic mass is 32.1. The molecule has 0 saturated heterocycles. The van der Waals surface area contributed by atoms with Crippen LogP contribution >= 0.6 is 11.3 Å². The van der Waals surface area contributed by atoms with E-state index >= 15 is 0 Å². The highest BCUT2D eigenvalue weighted by Crippen LogP contribution is 2.13. The zero-order valence-corrected chi connectivity index (χ0v) is 10.8. The highest BCUT2D eigenvalue weighted by molar-refractivity contribution is 7.07. The van der Waals surface area contributed by atoms with E-state index in [0.717, 1.165) is 6.42 Å². The highest BCUT2D eigenvalue weighted by Gasteiger charge is 2.10. The lowest BCUT2D eigenvalue weighted by atomic mass is 10.0. The van der Waals surface area contributed by atoms with Crippen LogP contribution in [0.2, 0.25) is 0 Å². The first-order chi connectivity index (χ1) is 8.16. The normalized spacial score (nSPS) is 10.8. The van der Waals surface area contributed by atoms with Crippen LogP contribution in [0.25, 0.3) is 0 Å². The Bertz CT molecular complexity index is 485. The zero-order chi connectivity index (χ0) is 12.3. The van der Waals surface area contributed by atoms with Gasteiger partial charge in [-0.3, -0.25) is 4.79 Å². The van der Waals surface area contributed by atoms with Crippen molar-refractivity contribution in [3.05, 3.63) is 52.0 Å². The van der Waals surface area contributed by atoms with Gasteiger partial charge in [-0.15, -0.1) is 11.3 Å². The van der Waals surface area contributed by atoms with Crippen molar-refractivity contribution >= 4 is 17.1 Å². The SMILES string of the molecule is CC(C)Cc1ccc(C(=O)c2cscn2)cc1. The van der Waals surface area contributed by atoms with Gasteiger partial charge in [0.05, 0.1) is 5.51 Å². The number of nitrogens with zero attached hydrogens (tertiary/aromatic N) is 1. The molecule has 0 aliphatic heterocycles. The second-order valence-electron chi connectivity index (χ2n) is 4.50. The second kappa shape index (κ2) is 5.23. The van der Waals surface area contributed by atoms with Gasteiger partial charge in [-0.05, 0) is 17.9 Å². The van der Waals surface area contributed by atoms with Crippen molar-refractivity contribution in [3.63, 3.8) is 0 Å². The number of hydrogen-bond acceptors (Lipinski definition) is 3. The molecule has 2 aromatic rings. The van der Waals surface area contributed by atoms with E-state index in [0.29, 0.717) is 17.2 Å². The van der Waals surface area contributed by atoms with Crippen LogP contribution in [0, 0.1) is 5.92 Å². The van der Waals surface area contributed by atoms with E-state index in [2.05, 4.69) is 18.8 Å². The van der Waals surface area contributed by atoms with Crippen molar-refractivity contribution in [3.8, 4) is 0 Å². The first-order valence-electron chi connectivity index (χ1n) is 5.68. The molecule has 1 aromatic carbocycles. The molecular weight excluding hydrogens is 230 g/mol. The number of carbonyl (C=O) groups excluding carboxylic acids is 1. The number of hydrogen-bond donors (Lipinski definition) is 0. The second-order valence-corrected chi connectivity index (χ2v) is 5.22. The van der Waals surface area contributed by atoms with Gasteiger partial charge in [-0.1, -0.05) is 38.1 Å². The molecule has 1 aromatic heterocycles. The van der Waals surface area contributed by atoms with Crippen LogP contribution in [0.5, 0.6) is 0 Å². The fourth-order valence-electron chi connectivity index (χ4n) is 1.74. The number of benzene rings is 1. The Morgan fingerprint density at radius 3 is 2.53 bits per heavy atom. The minimum absolute atomic E-state index is 0.00217. The molecule has 0 saturated carbocycles. The van der Waals surface area contributed by atoms with Crippen molar-refractivity contribution < 1.29 is 4.79 Å². The smallest absolute Gasteiger partial charge is 0.212 e. The van der Waals surface area contributed by atoms with Gasteiger partial charge in [0.15, 0.2) is 0 Å². The Morgan fingerprint density at radius 1 is 1.29 bits per heavy atom. The third-order valence-electron chi connectivity index (χ3n) is 2.53. The summed E-state index contributed by atoms with van der Waals surface area (Å²) in [5.41, 5.74) is 4.20. The molecule has 0 atom stereocenters. The predicted molar refractivity (Wildman–Crippen MR) is 70.5 cm³/mol. The Kier molecular flexibility index (Phi) is 3.69. The van der Waals surface area contributed by atoms with Crippen LogP contribution in [-0.4, -0.2) is 10.8 Å². The van der Waals surface area contributed by atoms with Gasteiger partial charge in [0, 0.05) is 10.9 Å². The van der Waals surface area contributed by atoms with Crippen molar-refractivity contribution in [2.24, 2.45) is 5.92 Å². The number of thiazole rings is 1. The Labute approximate surface area is 105 Å². The summed E-state index contributed by atoms with van der Waals surface area (Å²) in [6, 6.07) is 7.83. The van der Waals surface area contributed by atoms with Gasteiger partial charge in [0.25, 0.3) is 0 Å². The molecule has 0 bridgehead atoms. The molecular formula is C14H15NOS. The van der Waals surface area contributed by atoms with Gasteiger partial charge < -0.3 is 0 Å².